The number of thiazole rings is 1. The molecule has 7 nitrogen and oxygen atoms in total. The third kappa shape index (κ3) is 8.84. The molecular weight excluding hydrogens is 680 g/mol. The van der Waals surface area contributed by atoms with Crippen molar-refractivity contribution >= 4 is 73.4 Å². The molecule has 3 aromatic carbocycles. The van der Waals surface area contributed by atoms with E-state index in [1.165, 1.54) is 29.7 Å². The minimum Gasteiger partial charge on any atom is -0.490 e. The molecule has 0 aliphatic heterocycles. The van der Waals surface area contributed by atoms with Gasteiger partial charge in [0.15, 0.2) is 16.6 Å². The van der Waals surface area contributed by atoms with Crippen molar-refractivity contribution in [3.8, 4) is 11.5 Å². The van der Waals surface area contributed by atoms with Crippen molar-refractivity contribution in [1.82, 2.24) is 10.4 Å². The van der Waals surface area contributed by atoms with Gasteiger partial charge < -0.3 is 14.8 Å². The molecule has 4 rings (SSSR count). The highest BCUT2D eigenvalue weighted by Gasteiger charge is 2.30. The molecular formula is C28H22BrCl2F3N4O3S. The van der Waals surface area contributed by atoms with Crippen LogP contribution in [0.5, 0.6) is 11.5 Å². The Balaban J connectivity index is 1.35. The van der Waals surface area contributed by atoms with Crippen LogP contribution in [-0.4, -0.2) is 23.7 Å². The topological polar surface area (TPSA) is 84.8 Å². The molecule has 0 bridgehead atoms. The summed E-state index contributed by atoms with van der Waals surface area (Å²) in [4.78, 5) is 16.7. The van der Waals surface area contributed by atoms with E-state index in [0.29, 0.717) is 49.0 Å². The number of alkyl halides is 3. The molecule has 0 aliphatic rings. The fourth-order valence-corrected chi connectivity index (χ4v) is 5.16. The van der Waals surface area contributed by atoms with Crippen molar-refractivity contribution < 1.29 is 27.4 Å². The van der Waals surface area contributed by atoms with Crippen molar-refractivity contribution in [1.29, 1.82) is 0 Å². The number of nitrogens with one attached hydrogen (secondary N) is 2. The van der Waals surface area contributed by atoms with Gasteiger partial charge in [0, 0.05) is 36.7 Å². The third-order valence-electron chi connectivity index (χ3n) is 5.49. The quantitative estimate of drug-likeness (QED) is 0.121. The summed E-state index contributed by atoms with van der Waals surface area (Å²) >= 11 is 16.9. The summed E-state index contributed by atoms with van der Waals surface area (Å²) in [5, 5.41) is 9.86. The lowest BCUT2D eigenvalue weighted by molar-refractivity contribution is -0.137. The van der Waals surface area contributed by atoms with Gasteiger partial charge >= 0.3 is 6.18 Å². The molecule has 0 fully saturated rings. The predicted molar refractivity (Wildman–Crippen MR) is 162 cm³/mol. The van der Waals surface area contributed by atoms with Crippen molar-refractivity contribution in [2.24, 2.45) is 5.10 Å². The van der Waals surface area contributed by atoms with E-state index in [0.717, 1.165) is 17.7 Å². The summed E-state index contributed by atoms with van der Waals surface area (Å²) < 4.78 is 51.2. The molecule has 1 amide bonds. The number of benzene rings is 3. The Bertz CT molecular complexity index is 1600. The fourth-order valence-electron chi connectivity index (χ4n) is 3.55. The minimum atomic E-state index is -4.45. The number of carbonyl (C=O) groups excluding carboxylic acids is 1. The highest BCUT2D eigenvalue weighted by molar-refractivity contribution is 9.10. The van der Waals surface area contributed by atoms with Crippen LogP contribution in [0.4, 0.5) is 24.0 Å². The molecule has 220 valence electrons. The second-order valence-corrected chi connectivity index (χ2v) is 11.2. The van der Waals surface area contributed by atoms with Gasteiger partial charge in [0.1, 0.15) is 6.61 Å². The van der Waals surface area contributed by atoms with E-state index in [4.69, 9.17) is 32.7 Å². The Morgan fingerprint density at radius 1 is 1.12 bits per heavy atom. The molecule has 1 aromatic heterocycles. The van der Waals surface area contributed by atoms with Gasteiger partial charge in [0.2, 0.25) is 5.91 Å². The second-order valence-electron chi connectivity index (χ2n) is 8.60. The standard InChI is InChI=1S/C28H22BrCl2F3N4O3S/c1-2-40-24-8-17(22(29)12-25(24)41-14-16-6-7-19(30)10-23(16)31)13-35-38-26(39)11-21-15-42-27(37-21)36-20-5-3-4-18(9-20)28(32,33)34/h3-10,12-13,15H,2,11,14H2,1H3,(H,36,37)(H,38,39)/b35-13-. The van der Waals surface area contributed by atoms with Crippen LogP contribution in [0.1, 0.15) is 29.3 Å². The van der Waals surface area contributed by atoms with Crippen molar-refractivity contribution in [3.05, 3.63) is 96.9 Å². The molecule has 14 heteroatoms. The first-order valence-corrected chi connectivity index (χ1v) is 14.7. The van der Waals surface area contributed by atoms with Gasteiger partial charge in [0.05, 0.1) is 30.5 Å². The Kier molecular flexibility index (Phi) is 10.7. The van der Waals surface area contributed by atoms with E-state index in [1.54, 1.807) is 35.7 Å². The minimum absolute atomic E-state index is 0.0798. The Labute approximate surface area is 261 Å². The Morgan fingerprint density at radius 2 is 1.90 bits per heavy atom. The maximum absolute atomic E-state index is 13.0. The smallest absolute Gasteiger partial charge is 0.416 e. The number of amides is 1. The van der Waals surface area contributed by atoms with E-state index in [9.17, 15) is 18.0 Å². The molecule has 0 aliphatic carbocycles. The van der Waals surface area contributed by atoms with Crippen molar-refractivity contribution in [2.45, 2.75) is 26.1 Å². The van der Waals surface area contributed by atoms with Crippen molar-refractivity contribution in [2.75, 3.05) is 11.9 Å². The summed E-state index contributed by atoms with van der Waals surface area (Å²) in [7, 11) is 0. The number of hydrazone groups is 1. The molecule has 0 unspecified atom stereocenters. The number of nitrogens with zero attached hydrogens (tertiary/aromatic N) is 2. The van der Waals surface area contributed by atoms with Crippen LogP contribution in [0, 0.1) is 0 Å². The average Bonchev–Trinajstić information content (AvgIpc) is 3.36. The summed E-state index contributed by atoms with van der Waals surface area (Å²) in [5.41, 5.74) is 3.72. The molecule has 1 heterocycles. The molecule has 0 saturated carbocycles. The average molecular weight is 702 g/mol. The maximum atomic E-state index is 13.0. The molecule has 0 radical (unpaired) electrons. The van der Waals surface area contributed by atoms with Crippen LogP contribution >= 0.6 is 50.5 Å². The SMILES string of the molecule is CCOc1cc(/C=N\NC(=O)Cc2csc(Nc3cccc(C(F)(F)F)c3)n2)c(Br)cc1OCc1ccc(Cl)cc1Cl. The number of halogens is 6. The van der Waals surface area contributed by atoms with Crippen LogP contribution in [-0.2, 0) is 24.0 Å². The van der Waals surface area contributed by atoms with Gasteiger partial charge in [-0.2, -0.15) is 18.3 Å². The zero-order valence-electron chi connectivity index (χ0n) is 21.8. The maximum Gasteiger partial charge on any atom is 0.416 e. The molecule has 0 atom stereocenters. The van der Waals surface area contributed by atoms with Crippen LogP contribution in [0.3, 0.4) is 0 Å². The number of hydrogen-bond donors (Lipinski definition) is 2. The zero-order chi connectivity index (χ0) is 30.3. The van der Waals surface area contributed by atoms with Gasteiger partial charge in [0.25, 0.3) is 0 Å². The van der Waals surface area contributed by atoms with Gasteiger partial charge in [-0.05, 0) is 65.3 Å². The highest BCUT2D eigenvalue weighted by atomic mass is 79.9. The number of hydrogen-bond acceptors (Lipinski definition) is 7. The largest absolute Gasteiger partial charge is 0.490 e. The lowest BCUT2D eigenvalue weighted by atomic mass is 10.2. The molecule has 42 heavy (non-hydrogen) atoms. The first-order chi connectivity index (χ1) is 20.0. The molecule has 4 aromatic rings. The molecule has 0 spiro atoms. The zero-order valence-corrected chi connectivity index (χ0v) is 25.7. The normalized spacial score (nSPS) is 11.5. The number of carbonyl (C=O) groups is 1. The lowest BCUT2D eigenvalue weighted by Crippen LogP contribution is -2.20. The van der Waals surface area contributed by atoms with Gasteiger partial charge in [-0.3, -0.25) is 4.79 Å². The van der Waals surface area contributed by atoms with Crippen LogP contribution < -0.4 is 20.2 Å². The van der Waals surface area contributed by atoms with Crippen LogP contribution in [0.15, 0.2) is 69.6 Å². The summed E-state index contributed by atoms with van der Waals surface area (Å²) in [6.07, 6.45) is -3.08. The first kappa shape index (κ1) is 31.6. The molecule has 2 N–H and O–H groups in total. The summed E-state index contributed by atoms with van der Waals surface area (Å²) in [5.74, 6) is 0.527. The van der Waals surface area contributed by atoms with Crippen LogP contribution in [0.2, 0.25) is 10.0 Å². The van der Waals surface area contributed by atoms with E-state index < -0.39 is 17.6 Å². The Morgan fingerprint density at radius 3 is 2.64 bits per heavy atom. The van der Waals surface area contributed by atoms with E-state index in [2.05, 4.69) is 36.8 Å². The fraction of sp³-hybridized carbons (Fsp3) is 0.179. The van der Waals surface area contributed by atoms with E-state index >= 15 is 0 Å². The number of anilines is 2. The first-order valence-electron chi connectivity index (χ1n) is 12.3. The van der Waals surface area contributed by atoms with Crippen molar-refractivity contribution in [3.63, 3.8) is 0 Å². The number of ether oxygens (including phenoxy) is 2. The molecule has 0 saturated heterocycles. The monoisotopic (exact) mass is 700 g/mol. The van der Waals surface area contributed by atoms with Gasteiger partial charge in [-0.15, -0.1) is 11.3 Å². The van der Waals surface area contributed by atoms with Crippen LogP contribution in [0.25, 0.3) is 0 Å². The highest BCUT2D eigenvalue weighted by Crippen LogP contribution is 2.35. The summed E-state index contributed by atoms with van der Waals surface area (Å²) in [6, 6.07) is 13.4. The summed E-state index contributed by atoms with van der Waals surface area (Å²) in [6.45, 7) is 2.43. The van der Waals surface area contributed by atoms with E-state index in [1.807, 2.05) is 6.92 Å². The van der Waals surface area contributed by atoms with Gasteiger partial charge in [-0.25, -0.2) is 10.4 Å². The third-order valence-corrected chi connectivity index (χ3v) is 7.57. The number of aromatic nitrogens is 1. The lowest BCUT2D eigenvalue weighted by Gasteiger charge is -2.14. The Hall–Kier alpha value is -3.32. The predicted octanol–water partition coefficient (Wildman–Crippen LogP) is 8.65. The van der Waals surface area contributed by atoms with E-state index in [-0.39, 0.29) is 18.7 Å². The number of rotatable bonds is 11. The van der Waals surface area contributed by atoms with Gasteiger partial charge in [-0.1, -0.05) is 35.3 Å². The second kappa shape index (κ2) is 14.2.